The van der Waals surface area contributed by atoms with Gasteiger partial charge >= 0.3 is 6.18 Å². The molecule has 0 spiro atoms. The first-order valence-electron chi connectivity index (χ1n) is 8.30. The normalized spacial score (nSPS) is 14.1. The first kappa shape index (κ1) is 17.1. The summed E-state index contributed by atoms with van der Waals surface area (Å²) in [5.41, 5.74) is 1.52. The van der Waals surface area contributed by atoms with Crippen LogP contribution in [0.3, 0.4) is 0 Å². The van der Waals surface area contributed by atoms with Gasteiger partial charge in [-0.2, -0.15) is 18.4 Å². The van der Waals surface area contributed by atoms with E-state index in [1.165, 1.54) is 0 Å². The van der Waals surface area contributed by atoms with Crippen molar-refractivity contribution in [1.82, 2.24) is 25.4 Å². The lowest BCUT2D eigenvalue weighted by Crippen LogP contribution is -2.09. The van der Waals surface area contributed by atoms with Crippen molar-refractivity contribution in [1.29, 1.82) is 5.26 Å². The number of benzene rings is 1. The molecule has 0 radical (unpaired) electrons. The van der Waals surface area contributed by atoms with Crippen LogP contribution >= 0.6 is 0 Å². The van der Waals surface area contributed by atoms with Crippen LogP contribution in [-0.2, 0) is 12.6 Å². The fourth-order valence-electron chi connectivity index (χ4n) is 2.89. The first-order valence-corrected chi connectivity index (χ1v) is 8.30. The molecule has 4 rings (SSSR count). The Morgan fingerprint density at radius 1 is 1.19 bits per heavy atom. The number of halogens is 3. The van der Waals surface area contributed by atoms with Gasteiger partial charge in [0.05, 0.1) is 0 Å². The molecule has 1 fully saturated rings. The largest absolute Gasteiger partial charge is 0.433 e. The van der Waals surface area contributed by atoms with Gasteiger partial charge in [0.25, 0.3) is 0 Å². The molecule has 2 aromatic heterocycles. The fraction of sp³-hybridized carbons (Fsp3) is 0.278. The van der Waals surface area contributed by atoms with Gasteiger partial charge in [0.15, 0.2) is 11.5 Å². The lowest BCUT2D eigenvalue weighted by atomic mass is 9.99. The van der Waals surface area contributed by atoms with E-state index in [1.54, 1.807) is 12.1 Å². The SMILES string of the molecule is N#Cc1[nH]nnc1-c1cc(CC2CC2)cc(-c2nccc(C(F)(F)F)n2)c1. The Morgan fingerprint density at radius 3 is 2.67 bits per heavy atom. The van der Waals surface area contributed by atoms with Crippen molar-refractivity contribution >= 4 is 0 Å². The average molecular weight is 370 g/mol. The molecule has 1 saturated carbocycles. The average Bonchev–Trinajstić information content (AvgIpc) is 3.33. The summed E-state index contributed by atoms with van der Waals surface area (Å²) in [6.07, 6.45) is -0.388. The molecule has 3 aromatic rings. The highest BCUT2D eigenvalue weighted by atomic mass is 19.4. The summed E-state index contributed by atoms with van der Waals surface area (Å²) in [6.45, 7) is 0. The summed E-state index contributed by atoms with van der Waals surface area (Å²) in [6, 6.07) is 8.12. The maximum atomic E-state index is 13.0. The van der Waals surface area contributed by atoms with Gasteiger partial charge in [-0.15, -0.1) is 5.10 Å². The zero-order valence-corrected chi connectivity index (χ0v) is 14.0. The van der Waals surface area contributed by atoms with Gasteiger partial charge in [0.1, 0.15) is 17.5 Å². The van der Waals surface area contributed by atoms with Crippen molar-refractivity contribution in [2.45, 2.75) is 25.4 Å². The molecule has 0 atom stereocenters. The van der Waals surface area contributed by atoms with Crippen molar-refractivity contribution in [2.75, 3.05) is 0 Å². The predicted octanol–water partition coefficient (Wildman–Crippen LogP) is 3.77. The van der Waals surface area contributed by atoms with Gasteiger partial charge < -0.3 is 0 Å². The Bertz CT molecular complexity index is 1030. The molecular weight excluding hydrogens is 357 g/mol. The molecule has 136 valence electrons. The molecule has 2 heterocycles. The number of nitrogens with zero attached hydrogens (tertiary/aromatic N) is 5. The van der Waals surface area contributed by atoms with Crippen molar-refractivity contribution in [2.24, 2.45) is 5.92 Å². The van der Waals surface area contributed by atoms with Crippen LogP contribution in [0.25, 0.3) is 22.6 Å². The highest BCUT2D eigenvalue weighted by Gasteiger charge is 2.33. The molecule has 1 N–H and O–H groups in total. The van der Waals surface area contributed by atoms with Crippen LogP contribution in [0.1, 0.15) is 29.8 Å². The maximum Gasteiger partial charge on any atom is 0.433 e. The van der Waals surface area contributed by atoms with E-state index in [4.69, 9.17) is 0 Å². The van der Waals surface area contributed by atoms with E-state index < -0.39 is 11.9 Å². The summed E-state index contributed by atoms with van der Waals surface area (Å²) in [7, 11) is 0. The Hall–Kier alpha value is -3.28. The van der Waals surface area contributed by atoms with Gasteiger partial charge in [-0.05, 0) is 55.0 Å². The topological polar surface area (TPSA) is 91.1 Å². The van der Waals surface area contributed by atoms with Crippen LogP contribution in [-0.4, -0.2) is 25.4 Å². The minimum absolute atomic E-state index is 0.0225. The number of aromatic amines is 1. The third kappa shape index (κ3) is 3.65. The van der Waals surface area contributed by atoms with Crippen LogP contribution in [0.4, 0.5) is 13.2 Å². The smallest absolute Gasteiger partial charge is 0.247 e. The number of nitrogens with one attached hydrogen (secondary N) is 1. The zero-order valence-electron chi connectivity index (χ0n) is 14.0. The molecule has 0 bridgehead atoms. The van der Waals surface area contributed by atoms with Crippen LogP contribution in [0.5, 0.6) is 0 Å². The summed E-state index contributed by atoms with van der Waals surface area (Å²) < 4.78 is 39.0. The zero-order chi connectivity index (χ0) is 19.0. The molecule has 0 amide bonds. The quantitative estimate of drug-likeness (QED) is 0.755. The number of aromatic nitrogens is 5. The number of nitriles is 1. The minimum Gasteiger partial charge on any atom is -0.247 e. The Morgan fingerprint density at radius 2 is 1.96 bits per heavy atom. The highest BCUT2D eigenvalue weighted by Crippen LogP contribution is 2.35. The Balaban J connectivity index is 1.83. The molecule has 1 aliphatic carbocycles. The van der Waals surface area contributed by atoms with E-state index in [1.807, 2.05) is 12.1 Å². The first-order chi connectivity index (χ1) is 12.9. The number of H-pyrrole nitrogens is 1. The lowest BCUT2D eigenvalue weighted by Gasteiger charge is -2.10. The molecule has 9 heteroatoms. The number of hydrogen-bond donors (Lipinski definition) is 1. The molecule has 1 aromatic carbocycles. The molecular formula is C18H13F3N6. The van der Waals surface area contributed by atoms with Gasteiger partial charge in [-0.25, -0.2) is 15.1 Å². The van der Waals surface area contributed by atoms with Crippen molar-refractivity contribution in [3.63, 3.8) is 0 Å². The molecule has 1 aliphatic rings. The second-order valence-electron chi connectivity index (χ2n) is 6.48. The van der Waals surface area contributed by atoms with Crippen LogP contribution < -0.4 is 0 Å². The predicted molar refractivity (Wildman–Crippen MR) is 89.0 cm³/mol. The van der Waals surface area contributed by atoms with E-state index in [2.05, 4.69) is 25.4 Å². The van der Waals surface area contributed by atoms with Crippen LogP contribution in [0.2, 0.25) is 0 Å². The highest BCUT2D eigenvalue weighted by molar-refractivity contribution is 5.71. The fourth-order valence-corrected chi connectivity index (χ4v) is 2.89. The second kappa shape index (κ2) is 6.46. The van der Waals surface area contributed by atoms with E-state index >= 15 is 0 Å². The Labute approximate surface area is 152 Å². The molecule has 0 saturated heterocycles. The summed E-state index contributed by atoms with van der Waals surface area (Å²) in [4.78, 5) is 7.67. The third-order valence-electron chi connectivity index (χ3n) is 4.35. The third-order valence-corrected chi connectivity index (χ3v) is 4.35. The molecule has 0 aliphatic heterocycles. The number of rotatable bonds is 4. The van der Waals surface area contributed by atoms with Crippen LogP contribution in [0, 0.1) is 17.2 Å². The van der Waals surface area contributed by atoms with Gasteiger partial charge in [0, 0.05) is 17.3 Å². The lowest BCUT2D eigenvalue weighted by molar-refractivity contribution is -0.141. The van der Waals surface area contributed by atoms with Crippen LogP contribution in [0.15, 0.2) is 30.5 Å². The maximum absolute atomic E-state index is 13.0. The van der Waals surface area contributed by atoms with Gasteiger partial charge in [0.2, 0.25) is 0 Å². The number of alkyl halides is 3. The molecule has 0 unspecified atom stereocenters. The monoisotopic (exact) mass is 370 g/mol. The summed E-state index contributed by atoms with van der Waals surface area (Å²) in [5, 5.41) is 19.3. The Kier molecular flexibility index (Phi) is 4.11. The van der Waals surface area contributed by atoms with E-state index in [9.17, 15) is 18.4 Å². The minimum atomic E-state index is -4.55. The number of hydrogen-bond acceptors (Lipinski definition) is 5. The second-order valence-corrected chi connectivity index (χ2v) is 6.48. The summed E-state index contributed by atoms with van der Waals surface area (Å²) in [5.74, 6) is 0.550. The van der Waals surface area contributed by atoms with Crippen molar-refractivity contribution in [3.8, 4) is 28.7 Å². The summed E-state index contributed by atoms with van der Waals surface area (Å²) >= 11 is 0. The van der Waals surface area contributed by atoms with E-state index in [0.717, 1.165) is 37.1 Å². The van der Waals surface area contributed by atoms with E-state index in [0.29, 0.717) is 22.7 Å². The molecule has 6 nitrogen and oxygen atoms in total. The van der Waals surface area contributed by atoms with E-state index in [-0.39, 0.29) is 11.5 Å². The molecule has 27 heavy (non-hydrogen) atoms. The van der Waals surface area contributed by atoms with Gasteiger partial charge in [-0.3, -0.25) is 0 Å². The van der Waals surface area contributed by atoms with Gasteiger partial charge in [-0.1, -0.05) is 5.21 Å². The van der Waals surface area contributed by atoms with Crippen molar-refractivity contribution < 1.29 is 13.2 Å². The standard InChI is InChI=1S/C18H13F3N6/c19-18(20,21)15-3-4-23-17(24-15)13-7-11(5-10-1-2-10)6-12(8-13)16-14(9-22)25-27-26-16/h3-4,6-8,10H,1-2,5H2,(H,25,26,27). The van der Waals surface area contributed by atoms with Crippen molar-refractivity contribution in [3.05, 3.63) is 47.4 Å².